The van der Waals surface area contributed by atoms with E-state index in [0.717, 1.165) is 10.5 Å². The van der Waals surface area contributed by atoms with Crippen LogP contribution in [0.25, 0.3) is 0 Å². The molecule has 4 heteroatoms. The maximum Gasteiger partial charge on any atom is 0.229 e. The van der Waals surface area contributed by atoms with E-state index in [1.807, 2.05) is 93.3 Å². The fraction of sp³-hybridized carbons (Fsp3) is 0.409. The number of hydrogen-bond acceptors (Lipinski definition) is 3. The Kier molecular flexibility index (Phi) is 7.73. The van der Waals surface area contributed by atoms with Gasteiger partial charge in [-0.2, -0.15) is 0 Å². The zero-order chi connectivity index (χ0) is 19.1. The lowest BCUT2D eigenvalue weighted by Crippen LogP contribution is -2.47. The number of aliphatic hydroxyl groups excluding tert-OH is 1. The van der Waals surface area contributed by atoms with E-state index >= 15 is 0 Å². The van der Waals surface area contributed by atoms with Gasteiger partial charge in [0.1, 0.15) is 0 Å². The van der Waals surface area contributed by atoms with Crippen LogP contribution in [0.1, 0.15) is 39.4 Å². The van der Waals surface area contributed by atoms with Crippen LogP contribution >= 0.6 is 11.8 Å². The summed E-state index contributed by atoms with van der Waals surface area (Å²) < 4.78 is 0. The lowest BCUT2D eigenvalue weighted by molar-refractivity contribution is -0.142. The minimum Gasteiger partial charge on any atom is -0.388 e. The molecule has 0 aliphatic carbocycles. The molecule has 0 aromatic heterocycles. The Morgan fingerprint density at radius 3 is 1.92 bits per heavy atom. The van der Waals surface area contributed by atoms with E-state index < -0.39 is 12.0 Å². The van der Waals surface area contributed by atoms with Gasteiger partial charge in [0, 0.05) is 22.7 Å². The largest absolute Gasteiger partial charge is 0.388 e. The molecule has 0 aliphatic heterocycles. The van der Waals surface area contributed by atoms with E-state index in [1.165, 1.54) is 0 Å². The summed E-state index contributed by atoms with van der Waals surface area (Å²) in [5.74, 6) is 0.0525. The normalized spacial score (nSPS) is 13.7. The van der Waals surface area contributed by atoms with E-state index in [4.69, 9.17) is 0 Å². The minimum atomic E-state index is -0.820. The van der Waals surface area contributed by atoms with Crippen molar-refractivity contribution in [2.75, 3.05) is 5.75 Å². The average Bonchev–Trinajstić information content (AvgIpc) is 2.62. The van der Waals surface area contributed by atoms with Gasteiger partial charge in [-0.05, 0) is 45.4 Å². The van der Waals surface area contributed by atoms with E-state index in [9.17, 15) is 9.90 Å². The number of rotatable bonds is 8. The molecular weight excluding hydrogens is 342 g/mol. The van der Waals surface area contributed by atoms with Crippen molar-refractivity contribution < 1.29 is 9.90 Å². The van der Waals surface area contributed by atoms with Gasteiger partial charge in [-0.1, -0.05) is 48.5 Å². The Hall–Kier alpha value is -1.78. The van der Waals surface area contributed by atoms with Crippen LogP contribution in [0.15, 0.2) is 65.6 Å². The van der Waals surface area contributed by atoms with E-state index in [0.29, 0.717) is 5.75 Å². The number of aliphatic hydroxyl groups is 1. The van der Waals surface area contributed by atoms with E-state index in [-0.39, 0.29) is 18.0 Å². The number of carbonyl (C=O) groups excluding carboxylic acids is 1. The molecule has 0 bridgehead atoms. The van der Waals surface area contributed by atoms with Crippen LogP contribution < -0.4 is 0 Å². The summed E-state index contributed by atoms with van der Waals surface area (Å²) in [6, 6.07) is 19.7. The monoisotopic (exact) mass is 371 g/mol. The first kappa shape index (κ1) is 20.5. The second-order valence-electron chi connectivity index (χ2n) is 7.02. The first-order valence-electron chi connectivity index (χ1n) is 9.14. The summed E-state index contributed by atoms with van der Waals surface area (Å²) in [6.45, 7) is 8.09. The van der Waals surface area contributed by atoms with Crippen LogP contribution in [-0.2, 0) is 4.79 Å². The number of amides is 1. The summed E-state index contributed by atoms with van der Waals surface area (Å²) in [5.41, 5.74) is 0.784. The Balaban J connectivity index is 2.26. The number of carbonyl (C=O) groups is 1. The smallest absolute Gasteiger partial charge is 0.229 e. The van der Waals surface area contributed by atoms with Crippen LogP contribution in [0, 0.1) is 5.92 Å². The molecule has 0 fully saturated rings. The molecular formula is C22H29NO2S. The molecule has 0 aliphatic rings. The van der Waals surface area contributed by atoms with Crippen LogP contribution in [0.2, 0.25) is 0 Å². The van der Waals surface area contributed by atoms with Crippen LogP contribution in [0.5, 0.6) is 0 Å². The van der Waals surface area contributed by atoms with Gasteiger partial charge < -0.3 is 10.0 Å². The van der Waals surface area contributed by atoms with Gasteiger partial charge in [-0.15, -0.1) is 11.8 Å². The fourth-order valence-corrected chi connectivity index (χ4v) is 4.23. The number of nitrogens with zero attached hydrogens (tertiary/aromatic N) is 1. The van der Waals surface area contributed by atoms with E-state index in [1.54, 1.807) is 11.8 Å². The lowest BCUT2D eigenvalue weighted by atomic mass is 9.95. The van der Waals surface area contributed by atoms with Gasteiger partial charge in [-0.25, -0.2) is 0 Å². The summed E-state index contributed by atoms with van der Waals surface area (Å²) in [5, 5.41) is 11.0. The van der Waals surface area contributed by atoms with Gasteiger partial charge in [0.05, 0.1) is 12.0 Å². The van der Waals surface area contributed by atoms with Crippen molar-refractivity contribution in [1.82, 2.24) is 4.90 Å². The molecule has 26 heavy (non-hydrogen) atoms. The molecule has 2 rings (SSSR count). The van der Waals surface area contributed by atoms with Crippen molar-refractivity contribution in [3.8, 4) is 0 Å². The third-order valence-corrected chi connectivity index (χ3v) is 5.51. The Labute approximate surface area is 161 Å². The third-order valence-electron chi connectivity index (χ3n) is 4.38. The summed E-state index contributed by atoms with van der Waals surface area (Å²) in [4.78, 5) is 16.3. The molecule has 2 atom stereocenters. The molecule has 0 radical (unpaired) electrons. The first-order chi connectivity index (χ1) is 12.4. The lowest BCUT2D eigenvalue weighted by Gasteiger charge is -2.35. The molecule has 3 nitrogen and oxygen atoms in total. The highest BCUT2D eigenvalue weighted by atomic mass is 32.2. The topological polar surface area (TPSA) is 40.5 Å². The quantitative estimate of drug-likeness (QED) is 0.679. The molecule has 0 spiro atoms. The molecule has 2 aromatic carbocycles. The maximum atomic E-state index is 13.3. The van der Waals surface area contributed by atoms with E-state index in [2.05, 4.69) is 0 Å². The first-order valence-corrected chi connectivity index (χ1v) is 10.1. The van der Waals surface area contributed by atoms with Gasteiger partial charge in [0.25, 0.3) is 0 Å². The summed E-state index contributed by atoms with van der Waals surface area (Å²) >= 11 is 1.61. The number of benzene rings is 2. The van der Waals surface area contributed by atoms with Crippen LogP contribution in [0.3, 0.4) is 0 Å². The van der Waals surface area contributed by atoms with Gasteiger partial charge in [-0.3, -0.25) is 4.79 Å². The van der Waals surface area contributed by atoms with Crippen LogP contribution in [0.4, 0.5) is 0 Å². The molecule has 0 saturated carbocycles. The Bertz CT molecular complexity index is 665. The Morgan fingerprint density at radius 2 is 1.42 bits per heavy atom. The second-order valence-corrected chi connectivity index (χ2v) is 8.11. The second kappa shape index (κ2) is 9.79. The molecule has 1 amide bonds. The highest BCUT2D eigenvalue weighted by Crippen LogP contribution is 2.31. The molecule has 0 heterocycles. The summed E-state index contributed by atoms with van der Waals surface area (Å²) in [6.07, 6.45) is -0.820. The van der Waals surface area contributed by atoms with Crippen molar-refractivity contribution in [2.24, 2.45) is 5.92 Å². The molecule has 1 N–H and O–H groups in total. The van der Waals surface area contributed by atoms with Gasteiger partial charge >= 0.3 is 0 Å². The van der Waals surface area contributed by atoms with Gasteiger partial charge in [0.2, 0.25) is 5.91 Å². The SMILES string of the molecule is CC(C)N(C(=O)[C@@H](CSc1ccccc1)[C@H](O)c1ccccc1)C(C)C. The maximum absolute atomic E-state index is 13.3. The van der Waals surface area contributed by atoms with Crippen molar-refractivity contribution in [1.29, 1.82) is 0 Å². The minimum absolute atomic E-state index is 0.00906. The van der Waals surface area contributed by atoms with Crippen LogP contribution in [-0.4, -0.2) is 33.8 Å². The molecule has 2 aromatic rings. The van der Waals surface area contributed by atoms with Gasteiger partial charge in [0.15, 0.2) is 0 Å². The molecule has 0 saturated heterocycles. The zero-order valence-corrected chi connectivity index (χ0v) is 16.8. The van der Waals surface area contributed by atoms with Crippen molar-refractivity contribution in [3.05, 3.63) is 66.2 Å². The third kappa shape index (κ3) is 5.36. The zero-order valence-electron chi connectivity index (χ0n) is 16.0. The summed E-state index contributed by atoms with van der Waals surface area (Å²) in [7, 11) is 0. The average molecular weight is 372 g/mol. The highest BCUT2D eigenvalue weighted by molar-refractivity contribution is 7.99. The van der Waals surface area contributed by atoms with Crippen molar-refractivity contribution in [3.63, 3.8) is 0 Å². The van der Waals surface area contributed by atoms with Crippen molar-refractivity contribution >= 4 is 17.7 Å². The number of hydrogen-bond donors (Lipinski definition) is 1. The highest BCUT2D eigenvalue weighted by Gasteiger charge is 2.33. The van der Waals surface area contributed by atoms with Crippen molar-refractivity contribution in [2.45, 2.75) is 50.8 Å². The Morgan fingerprint density at radius 1 is 0.923 bits per heavy atom. The predicted octanol–water partition coefficient (Wildman–Crippen LogP) is 4.77. The molecule has 140 valence electrons. The standard InChI is InChI=1S/C22H29NO2S/c1-16(2)23(17(3)4)22(25)20(15-26-19-13-9-6-10-14-19)21(24)18-11-7-5-8-12-18/h5-14,16-17,20-21,24H,15H2,1-4H3/t20-,21+/m0/s1. The molecule has 0 unspecified atom stereocenters. The fourth-order valence-electron chi connectivity index (χ4n) is 3.18. The number of thioether (sulfide) groups is 1. The predicted molar refractivity (Wildman–Crippen MR) is 109 cm³/mol.